The molecule has 0 saturated carbocycles. The Balaban J connectivity index is 1.66. The third-order valence-corrected chi connectivity index (χ3v) is 5.97. The Hall–Kier alpha value is -3.34. The third-order valence-electron chi connectivity index (χ3n) is 4.37. The Kier molecular flexibility index (Phi) is 8.32. The van der Waals surface area contributed by atoms with Gasteiger partial charge in [-0.1, -0.05) is 0 Å². The van der Waals surface area contributed by atoms with E-state index in [1.807, 2.05) is 0 Å². The van der Waals surface area contributed by atoms with E-state index < -0.39 is 21.5 Å². The van der Waals surface area contributed by atoms with Crippen LogP contribution in [0.4, 0.5) is 11.4 Å². The normalized spacial score (nSPS) is 10.8. The van der Waals surface area contributed by atoms with Crippen molar-refractivity contribution in [1.29, 1.82) is 0 Å². The molecule has 3 rings (SSSR count). The Bertz CT molecular complexity index is 1270. The van der Waals surface area contributed by atoms with Gasteiger partial charge in [-0.2, -0.15) is 5.10 Å². The van der Waals surface area contributed by atoms with Crippen LogP contribution in [0.25, 0.3) is 0 Å². The lowest BCUT2D eigenvalue weighted by Gasteiger charge is -2.11. The number of nitrogens with zero attached hydrogens (tertiary/aromatic N) is 3. The van der Waals surface area contributed by atoms with Gasteiger partial charge < -0.3 is 9.84 Å². The van der Waals surface area contributed by atoms with Crippen molar-refractivity contribution < 1.29 is 24.5 Å². The first-order chi connectivity index (χ1) is 16.2. The highest BCUT2D eigenvalue weighted by atomic mass is 127. The van der Waals surface area contributed by atoms with Gasteiger partial charge in [0, 0.05) is 24.3 Å². The highest BCUT2D eigenvalue weighted by Crippen LogP contribution is 2.29. The summed E-state index contributed by atoms with van der Waals surface area (Å²) in [6.45, 7) is 0.222. The number of hydrazone groups is 1. The van der Waals surface area contributed by atoms with Crippen LogP contribution in [0, 0.1) is 27.4 Å². The number of carbonyl (C=O) groups is 1. The topological polar surface area (TPSA) is 157 Å². The van der Waals surface area contributed by atoms with E-state index in [0.29, 0.717) is 11.3 Å². The number of phenolic OH excluding ortho intramolecular Hbond substituents is 1. The standard InChI is InChI=1S/C21H14I2N4O7/c22-17-7-13(10-24-25-21(29)16-9-15(27(32)33)5-6-19(16)28)8-18(23)20(17)34-11-12-1-3-14(4-2-12)26(30)31/h1-10,28H,11H2,(H,25,29)/b24-10-. The van der Waals surface area contributed by atoms with Gasteiger partial charge in [-0.3, -0.25) is 25.0 Å². The molecule has 2 N–H and O–H groups in total. The molecular weight excluding hydrogens is 674 g/mol. The Morgan fingerprint density at radius 3 is 2.18 bits per heavy atom. The third kappa shape index (κ3) is 6.37. The van der Waals surface area contributed by atoms with E-state index in [2.05, 4.69) is 55.7 Å². The number of nitro groups is 2. The summed E-state index contributed by atoms with van der Waals surface area (Å²) in [5.74, 6) is -0.580. The molecule has 3 aromatic rings. The number of carbonyl (C=O) groups excluding carboxylic acids is 1. The molecule has 0 aliphatic rings. The number of amides is 1. The highest BCUT2D eigenvalue weighted by molar-refractivity contribution is 14.1. The molecule has 0 aliphatic carbocycles. The van der Waals surface area contributed by atoms with E-state index in [0.717, 1.165) is 30.9 Å². The van der Waals surface area contributed by atoms with E-state index in [1.165, 1.54) is 18.3 Å². The Morgan fingerprint density at radius 2 is 1.59 bits per heavy atom. The van der Waals surface area contributed by atoms with Crippen molar-refractivity contribution in [2.45, 2.75) is 6.61 Å². The largest absolute Gasteiger partial charge is 0.507 e. The molecule has 0 bridgehead atoms. The number of rotatable bonds is 8. The number of hydrogen-bond donors (Lipinski definition) is 2. The van der Waals surface area contributed by atoms with Gasteiger partial charge in [0.1, 0.15) is 18.1 Å². The van der Waals surface area contributed by atoms with Crippen LogP contribution in [0.1, 0.15) is 21.5 Å². The molecule has 0 spiro atoms. The van der Waals surface area contributed by atoms with Crippen LogP contribution in [0.2, 0.25) is 0 Å². The van der Waals surface area contributed by atoms with Crippen molar-refractivity contribution >= 4 is 68.7 Å². The highest BCUT2D eigenvalue weighted by Gasteiger charge is 2.16. The van der Waals surface area contributed by atoms with E-state index in [-0.39, 0.29) is 23.5 Å². The number of benzene rings is 3. The zero-order valence-corrected chi connectivity index (χ0v) is 21.3. The molecule has 34 heavy (non-hydrogen) atoms. The van der Waals surface area contributed by atoms with Crippen LogP contribution >= 0.6 is 45.2 Å². The fourth-order valence-electron chi connectivity index (χ4n) is 2.71. The van der Waals surface area contributed by atoms with Crippen LogP contribution in [-0.2, 0) is 6.61 Å². The number of halogens is 2. The molecular formula is C21H14I2N4O7. The first-order valence-corrected chi connectivity index (χ1v) is 11.5. The van der Waals surface area contributed by atoms with E-state index in [1.54, 1.807) is 24.3 Å². The fourth-order valence-corrected chi connectivity index (χ4v) is 4.83. The average Bonchev–Trinajstić information content (AvgIpc) is 2.78. The first-order valence-electron chi connectivity index (χ1n) is 9.31. The number of non-ortho nitro benzene ring substituents is 2. The van der Waals surface area contributed by atoms with Gasteiger partial charge in [0.25, 0.3) is 17.3 Å². The summed E-state index contributed by atoms with van der Waals surface area (Å²) in [6.07, 6.45) is 1.39. The summed E-state index contributed by atoms with van der Waals surface area (Å²) in [5.41, 5.74) is 3.06. The van der Waals surface area contributed by atoms with Crippen molar-refractivity contribution in [3.05, 3.63) is 98.7 Å². The maximum absolute atomic E-state index is 12.2. The van der Waals surface area contributed by atoms with Crippen LogP contribution in [-0.4, -0.2) is 27.1 Å². The van der Waals surface area contributed by atoms with E-state index in [4.69, 9.17) is 4.74 Å². The van der Waals surface area contributed by atoms with Crippen LogP contribution in [0.3, 0.4) is 0 Å². The number of phenols is 1. The minimum Gasteiger partial charge on any atom is -0.507 e. The van der Waals surface area contributed by atoms with Crippen molar-refractivity contribution in [2.24, 2.45) is 5.10 Å². The number of nitrogens with one attached hydrogen (secondary N) is 1. The van der Waals surface area contributed by atoms with Gasteiger partial charge in [0.05, 0.1) is 28.8 Å². The average molecular weight is 688 g/mol. The first kappa shape index (κ1) is 25.3. The molecule has 174 valence electrons. The smallest absolute Gasteiger partial charge is 0.275 e. The van der Waals surface area contributed by atoms with Gasteiger partial charge in [0.15, 0.2) is 0 Å². The lowest BCUT2D eigenvalue weighted by atomic mass is 10.1. The van der Waals surface area contributed by atoms with Crippen molar-refractivity contribution in [3.63, 3.8) is 0 Å². The molecule has 13 heteroatoms. The zero-order valence-electron chi connectivity index (χ0n) is 17.0. The second kappa shape index (κ2) is 11.2. The molecule has 0 radical (unpaired) electrons. The van der Waals surface area contributed by atoms with Gasteiger partial charge in [0.2, 0.25) is 0 Å². The molecule has 0 heterocycles. The molecule has 0 aromatic heterocycles. The Morgan fingerprint density at radius 1 is 1.00 bits per heavy atom. The molecule has 1 amide bonds. The summed E-state index contributed by atoms with van der Waals surface area (Å²) in [4.78, 5) is 32.7. The molecule has 0 aliphatic heterocycles. The number of ether oxygens (including phenoxy) is 1. The minimum absolute atomic E-state index is 0.00402. The summed E-state index contributed by atoms with van der Waals surface area (Å²) in [7, 11) is 0. The predicted octanol–water partition coefficient (Wildman–Crippen LogP) is 4.76. The molecule has 11 nitrogen and oxygen atoms in total. The lowest BCUT2D eigenvalue weighted by molar-refractivity contribution is -0.385. The maximum Gasteiger partial charge on any atom is 0.275 e. The SMILES string of the molecule is O=C(N/N=C\c1cc(I)c(OCc2ccc([N+](=O)[O-])cc2)c(I)c1)c1cc([N+](=O)[O-])ccc1O. The maximum atomic E-state index is 12.2. The molecule has 0 saturated heterocycles. The van der Waals surface area contributed by atoms with Crippen LogP contribution in [0.5, 0.6) is 11.5 Å². The van der Waals surface area contributed by atoms with Gasteiger partial charge in [-0.05, 0) is 86.6 Å². The zero-order chi connectivity index (χ0) is 24.8. The summed E-state index contributed by atoms with van der Waals surface area (Å²) in [5, 5.41) is 35.3. The molecule has 0 atom stereocenters. The number of aromatic hydroxyl groups is 1. The van der Waals surface area contributed by atoms with Gasteiger partial charge >= 0.3 is 0 Å². The second-order valence-electron chi connectivity index (χ2n) is 6.68. The predicted molar refractivity (Wildman–Crippen MR) is 139 cm³/mol. The van der Waals surface area contributed by atoms with Gasteiger partial charge in [-0.15, -0.1) is 0 Å². The number of hydrogen-bond acceptors (Lipinski definition) is 8. The van der Waals surface area contributed by atoms with E-state index in [9.17, 15) is 30.1 Å². The second-order valence-corrected chi connectivity index (χ2v) is 9.01. The molecule has 0 fully saturated rings. The Labute approximate surface area is 219 Å². The quantitative estimate of drug-likeness (QED) is 0.150. The molecule has 3 aromatic carbocycles. The summed E-state index contributed by atoms with van der Waals surface area (Å²) < 4.78 is 7.42. The van der Waals surface area contributed by atoms with Crippen LogP contribution in [0.15, 0.2) is 59.7 Å². The fraction of sp³-hybridized carbons (Fsp3) is 0.0476. The summed E-state index contributed by atoms with van der Waals surface area (Å²) in [6, 6.07) is 12.7. The van der Waals surface area contributed by atoms with Gasteiger partial charge in [-0.25, -0.2) is 5.43 Å². The van der Waals surface area contributed by atoms with Crippen molar-refractivity contribution in [2.75, 3.05) is 0 Å². The van der Waals surface area contributed by atoms with E-state index >= 15 is 0 Å². The lowest BCUT2D eigenvalue weighted by Crippen LogP contribution is -2.18. The summed E-state index contributed by atoms with van der Waals surface area (Å²) >= 11 is 4.18. The van der Waals surface area contributed by atoms with Crippen molar-refractivity contribution in [1.82, 2.24) is 5.43 Å². The number of nitro benzene ring substituents is 2. The van der Waals surface area contributed by atoms with Crippen LogP contribution < -0.4 is 10.2 Å². The van der Waals surface area contributed by atoms with Crippen molar-refractivity contribution in [3.8, 4) is 11.5 Å². The monoisotopic (exact) mass is 688 g/mol. The minimum atomic E-state index is -0.801. The molecule has 0 unspecified atom stereocenters.